The summed E-state index contributed by atoms with van der Waals surface area (Å²) in [6.07, 6.45) is -0.293. The average Bonchev–Trinajstić information content (AvgIpc) is 2.99. The highest BCUT2D eigenvalue weighted by atomic mass is 16.5. The molecule has 0 aliphatic carbocycles. The molecule has 0 aliphatic rings. The minimum absolute atomic E-state index is 0.293. The summed E-state index contributed by atoms with van der Waals surface area (Å²) in [4.78, 5) is 4.40. The normalized spacial score (nSPS) is 12.1. The molecule has 4 heteroatoms. The maximum absolute atomic E-state index is 5.77. The third-order valence-corrected chi connectivity index (χ3v) is 3.16. The first-order chi connectivity index (χ1) is 10.2. The quantitative estimate of drug-likeness (QED) is 0.719. The molecule has 3 rings (SSSR count). The molecule has 0 saturated heterocycles. The molecule has 1 atom stereocenters. The molecular weight excluding hydrogens is 264 g/mol. The fraction of sp³-hybridized carbons (Fsp3) is 0.176. The minimum Gasteiger partial charge on any atom is -0.481 e. The van der Waals surface area contributed by atoms with Crippen LogP contribution in [0.2, 0.25) is 0 Å². The first-order valence-electron chi connectivity index (χ1n) is 6.85. The van der Waals surface area contributed by atoms with Crippen LogP contribution in [0.15, 0.2) is 59.1 Å². The Morgan fingerprint density at radius 1 is 1.00 bits per heavy atom. The van der Waals surface area contributed by atoms with Gasteiger partial charge in [-0.1, -0.05) is 53.2 Å². The molecule has 0 spiro atoms. The second-order valence-electron chi connectivity index (χ2n) is 4.90. The predicted octanol–water partition coefficient (Wildman–Crippen LogP) is 4.19. The van der Waals surface area contributed by atoms with E-state index in [1.165, 1.54) is 5.56 Å². The fourth-order valence-electron chi connectivity index (χ4n) is 1.97. The smallest absolute Gasteiger partial charge is 0.267 e. The molecule has 0 amide bonds. The zero-order chi connectivity index (χ0) is 14.7. The van der Waals surface area contributed by atoms with Crippen molar-refractivity contribution >= 4 is 0 Å². The van der Waals surface area contributed by atoms with Crippen LogP contribution in [0.3, 0.4) is 0 Å². The Bertz CT molecular complexity index is 705. The average molecular weight is 280 g/mol. The summed E-state index contributed by atoms with van der Waals surface area (Å²) in [6, 6.07) is 17.6. The second-order valence-corrected chi connectivity index (χ2v) is 4.90. The summed E-state index contributed by atoms with van der Waals surface area (Å²) in [5, 5.41) is 4.01. The SMILES string of the molecule is Cc1ccc(-c2noc([C@@H](C)Oc3ccccc3)n2)cc1. The third kappa shape index (κ3) is 3.11. The van der Waals surface area contributed by atoms with Crippen LogP contribution in [0.5, 0.6) is 5.75 Å². The van der Waals surface area contributed by atoms with Gasteiger partial charge < -0.3 is 9.26 Å². The first kappa shape index (κ1) is 13.4. The van der Waals surface area contributed by atoms with Crippen molar-refractivity contribution in [3.63, 3.8) is 0 Å². The predicted molar refractivity (Wildman–Crippen MR) is 80.0 cm³/mol. The van der Waals surface area contributed by atoms with Crippen LogP contribution in [0.4, 0.5) is 0 Å². The van der Waals surface area contributed by atoms with E-state index in [2.05, 4.69) is 10.1 Å². The number of aryl methyl sites for hydroxylation is 1. The van der Waals surface area contributed by atoms with Crippen molar-refractivity contribution in [3.05, 3.63) is 66.1 Å². The zero-order valence-electron chi connectivity index (χ0n) is 12.0. The Kier molecular flexibility index (Phi) is 3.69. The van der Waals surface area contributed by atoms with Gasteiger partial charge in [-0.15, -0.1) is 0 Å². The molecule has 0 aliphatic heterocycles. The highest BCUT2D eigenvalue weighted by molar-refractivity contribution is 5.54. The summed E-state index contributed by atoms with van der Waals surface area (Å²) in [5.41, 5.74) is 2.13. The van der Waals surface area contributed by atoms with Gasteiger partial charge in [0.05, 0.1) is 0 Å². The van der Waals surface area contributed by atoms with Gasteiger partial charge in [-0.2, -0.15) is 4.98 Å². The van der Waals surface area contributed by atoms with Crippen molar-refractivity contribution < 1.29 is 9.26 Å². The number of hydrogen-bond acceptors (Lipinski definition) is 4. The van der Waals surface area contributed by atoms with Crippen molar-refractivity contribution in [2.45, 2.75) is 20.0 Å². The van der Waals surface area contributed by atoms with Crippen LogP contribution < -0.4 is 4.74 Å². The molecule has 0 radical (unpaired) electrons. The molecule has 2 aromatic carbocycles. The summed E-state index contributed by atoms with van der Waals surface area (Å²) in [5.74, 6) is 1.82. The van der Waals surface area contributed by atoms with E-state index in [9.17, 15) is 0 Å². The molecular formula is C17H16N2O2. The number of para-hydroxylation sites is 1. The molecule has 0 unspecified atom stereocenters. The number of aromatic nitrogens is 2. The van der Waals surface area contributed by atoms with Crippen molar-refractivity contribution in [1.82, 2.24) is 10.1 Å². The summed E-state index contributed by atoms with van der Waals surface area (Å²) >= 11 is 0. The maximum Gasteiger partial charge on any atom is 0.267 e. The number of ether oxygens (including phenoxy) is 1. The van der Waals surface area contributed by atoms with E-state index in [1.807, 2.05) is 68.4 Å². The molecule has 1 heterocycles. The molecule has 21 heavy (non-hydrogen) atoms. The highest BCUT2D eigenvalue weighted by Gasteiger charge is 2.16. The van der Waals surface area contributed by atoms with Crippen LogP contribution >= 0.6 is 0 Å². The lowest BCUT2D eigenvalue weighted by Crippen LogP contribution is -2.03. The van der Waals surface area contributed by atoms with E-state index in [-0.39, 0.29) is 6.10 Å². The molecule has 4 nitrogen and oxygen atoms in total. The van der Waals surface area contributed by atoms with Crippen molar-refractivity contribution in [1.29, 1.82) is 0 Å². The number of nitrogens with zero attached hydrogens (tertiary/aromatic N) is 2. The molecule has 0 fully saturated rings. The number of rotatable bonds is 4. The Morgan fingerprint density at radius 3 is 2.43 bits per heavy atom. The molecule has 3 aromatic rings. The number of hydrogen-bond donors (Lipinski definition) is 0. The number of benzene rings is 2. The Balaban J connectivity index is 1.76. The minimum atomic E-state index is -0.293. The van der Waals surface area contributed by atoms with Crippen LogP contribution in [-0.4, -0.2) is 10.1 Å². The topological polar surface area (TPSA) is 48.2 Å². The third-order valence-electron chi connectivity index (χ3n) is 3.16. The van der Waals surface area contributed by atoms with Gasteiger partial charge in [0.25, 0.3) is 5.89 Å². The van der Waals surface area contributed by atoms with E-state index < -0.39 is 0 Å². The van der Waals surface area contributed by atoms with Crippen LogP contribution in [0.1, 0.15) is 24.5 Å². The van der Waals surface area contributed by atoms with E-state index in [4.69, 9.17) is 9.26 Å². The van der Waals surface area contributed by atoms with Gasteiger partial charge in [0.1, 0.15) is 5.75 Å². The van der Waals surface area contributed by atoms with Crippen molar-refractivity contribution in [3.8, 4) is 17.1 Å². The van der Waals surface area contributed by atoms with Gasteiger partial charge in [0.2, 0.25) is 5.82 Å². The standard InChI is InChI=1S/C17H16N2O2/c1-12-8-10-14(11-9-12)16-18-17(21-19-16)13(2)20-15-6-4-3-5-7-15/h3-11,13H,1-2H3/t13-/m1/s1. The van der Waals surface area contributed by atoms with Gasteiger partial charge in [-0.05, 0) is 26.0 Å². The lowest BCUT2D eigenvalue weighted by atomic mass is 10.1. The van der Waals surface area contributed by atoms with Gasteiger partial charge >= 0.3 is 0 Å². The highest BCUT2D eigenvalue weighted by Crippen LogP contribution is 2.23. The monoisotopic (exact) mass is 280 g/mol. The van der Waals surface area contributed by atoms with Gasteiger partial charge in [-0.3, -0.25) is 0 Å². The molecule has 0 N–H and O–H groups in total. The Labute approximate surface area is 123 Å². The van der Waals surface area contributed by atoms with E-state index >= 15 is 0 Å². The molecule has 106 valence electrons. The van der Waals surface area contributed by atoms with E-state index in [1.54, 1.807) is 0 Å². The largest absolute Gasteiger partial charge is 0.481 e. The fourth-order valence-corrected chi connectivity index (χ4v) is 1.97. The first-order valence-corrected chi connectivity index (χ1v) is 6.85. The van der Waals surface area contributed by atoms with Crippen LogP contribution in [0, 0.1) is 6.92 Å². The molecule has 0 bridgehead atoms. The second kappa shape index (κ2) is 5.79. The molecule has 0 saturated carbocycles. The van der Waals surface area contributed by atoms with Crippen molar-refractivity contribution in [2.75, 3.05) is 0 Å². The van der Waals surface area contributed by atoms with Gasteiger partial charge in [0, 0.05) is 5.56 Å². The van der Waals surface area contributed by atoms with E-state index in [0.717, 1.165) is 11.3 Å². The molecule has 1 aromatic heterocycles. The van der Waals surface area contributed by atoms with Gasteiger partial charge in [0.15, 0.2) is 6.10 Å². The van der Waals surface area contributed by atoms with Crippen molar-refractivity contribution in [2.24, 2.45) is 0 Å². The van der Waals surface area contributed by atoms with Crippen LogP contribution in [-0.2, 0) is 0 Å². The Morgan fingerprint density at radius 2 is 1.71 bits per heavy atom. The lowest BCUT2D eigenvalue weighted by molar-refractivity contribution is 0.176. The lowest BCUT2D eigenvalue weighted by Gasteiger charge is -2.09. The zero-order valence-corrected chi connectivity index (χ0v) is 12.0. The summed E-state index contributed by atoms with van der Waals surface area (Å²) in [6.45, 7) is 3.93. The summed E-state index contributed by atoms with van der Waals surface area (Å²) < 4.78 is 11.1. The Hall–Kier alpha value is -2.62. The van der Waals surface area contributed by atoms with E-state index in [0.29, 0.717) is 11.7 Å². The van der Waals surface area contributed by atoms with Gasteiger partial charge in [-0.25, -0.2) is 0 Å². The van der Waals surface area contributed by atoms with Crippen LogP contribution in [0.25, 0.3) is 11.4 Å². The summed E-state index contributed by atoms with van der Waals surface area (Å²) in [7, 11) is 0. The maximum atomic E-state index is 5.77.